The molecular weight excluding hydrogens is 581 g/mol. The molecule has 3 rings (SSSR count). The van der Waals surface area contributed by atoms with E-state index in [0.29, 0.717) is 30.8 Å². The summed E-state index contributed by atoms with van der Waals surface area (Å²) in [6.07, 6.45) is -4.77. The summed E-state index contributed by atoms with van der Waals surface area (Å²) in [5, 5.41) is 27.3. The molecule has 0 radical (unpaired) electrons. The van der Waals surface area contributed by atoms with Gasteiger partial charge in [-0.05, 0) is 67.1 Å². The van der Waals surface area contributed by atoms with Gasteiger partial charge in [-0.1, -0.05) is 29.8 Å². The van der Waals surface area contributed by atoms with Gasteiger partial charge in [0.25, 0.3) is 11.8 Å². The lowest BCUT2D eigenvalue weighted by atomic mass is 10.1. The number of aliphatic hydroxyl groups excluding tert-OH is 2. The van der Waals surface area contributed by atoms with E-state index in [1.54, 1.807) is 44.4 Å². The van der Waals surface area contributed by atoms with Crippen molar-refractivity contribution in [2.45, 2.75) is 45.7 Å². The van der Waals surface area contributed by atoms with Crippen molar-refractivity contribution >= 4 is 46.7 Å². The highest BCUT2D eigenvalue weighted by atomic mass is 35.5. The zero-order valence-corrected chi connectivity index (χ0v) is 24.1. The quantitative estimate of drug-likeness (QED) is 0.174. The van der Waals surface area contributed by atoms with Gasteiger partial charge in [-0.15, -0.1) is 11.3 Å². The number of amides is 2. The number of carbonyl (C=O) groups is 2. The number of carbonyl (C=O) groups excluding carboxylic acids is 2. The molecule has 0 aliphatic carbocycles. The third kappa shape index (κ3) is 9.37. The summed E-state index contributed by atoms with van der Waals surface area (Å²) < 4.78 is 39.3. The number of hydrogen-bond donors (Lipinski definition) is 4. The van der Waals surface area contributed by atoms with Gasteiger partial charge in [-0.2, -0.15) is 18.3 Å². The molecule has 220 valence electrons. The van der Waals surface area contributed by atoms with Crippen molar-refractivity contribution in [1.29, 1.82) is 0 Å². The first-order chi connectivity index (χ1) is 19.2. The average molecular weight is 611 g/mol. The smallest absolute Gasteiger partial charge is 0.392 e. The Kier molecular flexibility index (Phi) is 11.0. The topological polar surface area (TPSA) is 114 Å². The van der Waals surface area contributed by atoms with Crippen LogP contribution in [0.4, 0.5) is 18.9 Å². The van der Waals surface area contributed by atoms with E-state index in [2.05, 4.69) is 15.8 Å². The summed E-state index contributed by atoms with van der Waals surface area (Å²) in [6.45, 7) is 6.12. The van der Waals surface area contributed by atoms with E-state index in [1.165, 1.54) is 6.07 Å². The number of aryl methyl sites for hydroxylation is 1. The van der Waals surface area contributed by atoms with E-state index in [4.69, 9.17) is 11.6 Å². The third-order valence-electron chi connectivity index (χ3n) is 5.74. The molecule has 2 unspecified atom stereocenters. The van der Waals surface area contributed by atoms with Crippen molar-refractivity contribution in [1.82, 2.24) is 10.3 Å². The molecule has 1 heterocycles. The molecule has 0 aliphatic heterocycles. The minimum Gasteiger partial charge on any atom is -0.392 e. The van der Waals surface area contributed by atoms with E-state index in [0.717, 1.165) is 35.2 Å². The summed E-state index contributed by atoms with van der Waals surface area (Å²) in [5.41, 5.74) is 3.41. The second-order valence-corrected chi connectivity index (χ2v) is 10.9. The van der Waals surface area contributed by atoms with Gasteiger partial charge in [0.1, 0.15) is 4.88 Å². The van der Waals surface area contributed by atoms with E-state index < -0.39 is 40.8 Å². The van der Waals surface area contributed by atoms with Gasteiger partial charge in [-0.3, -0.25) is 14.5 Å². The van der Waals surface area contributed by atoms with E-state index in [-0.39, 0.29) is 16.1 Å². The van der Waals surface area contributed by atoms with Crippen LogP contribution in [0.3, 0.4) is 0 Å². The number of halogens is 4. The van der Waals surface area contributed by atoms with E-state index >= 15 is 0 Å². The number of thiophene rings is 1. The normalized spacial score (nSPS) is 13.4. The van der Waals surface area contributed by atoms with Crippen LogP contribution < -0.4 is 10.7 Å². The molecule has 0 aliphatic rings. The molecule has 0 bridgehead atoms. The number of aliphatic hydroxyl groups is 2. The number of benzene rings is 2. The molecule has 2 atom stereocenters. The van der Waals surface area contributed by atoms with Crippen molar-refractivity contribution in [3.8, 4) is 0 Å². The number of nitrogens with one attached hydrogen (secondary N) is 2. The number of hydrogen-bond acceptors (Lipinski definition) is 7. The maximum atomic E-state index is 13.1. The fourth-order valence-corrected chi connectivity index (χ4v) is 5.15. The van der Waals surface area contributed by atoms with Crippen LogP contribution in [0, 0.1) is 6.92 Å². The first-order valence-corrected chi connectivity index (χ1v) is 13.8. The first kappa shape index (κ1) is 32.2. The lowest BCUT2D eigenvalue weighted by molar-refractivity contribution is -0.137. The van der Waals surface area contributed by atoms with Gasteiger partial charge in [-0.25, -0.2) is 5.43 Å². The fraction of sp³-hybridized carbons (Fsp3) is 0.321. The third-order valence-corrected chi connectivity index (χ3v) is 7.16. The van der Waals surface area contributed by atoms with Crippen LogP contribution in [0.5, 0.6) is 0 Å². The Bertz CT molecular complexity index is 1400. The number of alkyl halides is 3. The van der Waals surface area contributed by atoms with Gasteiger partial charge in [0.15, 0.2) is 0 Å². The second-order valence-electron chi connectivity index (χ2n) is 9.61. The van der Waals surface area contributed by atoms with Crippen LogP contribution in [0.1, 0.15) is 56.1 Å². The Labute approximate surface area is 244 Å². The summed E-state index contributed by atoms with van der Waals surface area (Å²) in [4.78, 5) is 28.0. The molecule has 3 aromatic rings. The summed E-state index contributed by atoms with van der Waals surface area (Å²) in [5.74, 6) is -1.11. The zero-order valence-electron chi connectivity index (χ0n) is 22.5. The fourth-order valence-electron chi connectivity index (χ4n) is 4.03. The van der Waals surface area contributed by atoms with Crippen LogP contribution in [0.25, 0.3) is 0 Å². The Balaban J connectivity index is 1.71. The lowest BCUT2D eigenvalue weighted by Crippen LogP contribution is -2.35. The minimum absolute atomic E-state index is 0.0817. The molecule has 0 spiro atoms. The molecule has 13 heteroatoms. The lowest BCUT2D eigenvalue weighted by Gasteiger charge is -2.25. The van der Waals surface area contributed by atoms with Crippen LogP contribution >= 0.6 is 22.9 Å². The molecule has 0 saturated heterocycles. The molecular formula is C28H30ClF3N4O4S. The van der Waals surface area contributed by atoms with Gasteiger partial charge in [0, 0.05) is 25.2 Å². The SMILES string of the molecule is Cc1csc(C(=O)N/N=C\c2ccc(Cl)c(C(F)(F)F)c2)c1NC(=O)c1cccc(CN(CC(C)O)CC(C)O)c1. The maximum absolute atomic E-state index is 13.1. The second kappa shape index (κ2) is 14.1. The predicted molar refractivity (Wildman–Crippen MR) is 154 cm³/mol. The molecule has 8 nitrogen and oxygen atoms in total. The van der Waals surface area contributed by atoms with E-state index in [9.17, 15) is 33.0 Å². The van der Waals surface area contributed by atoms with Crippen molar-refractivity contribution in [3.63, 3.8) is 0 Å². The zero-order chi connectivity index (χ0) is 30.3. The summed E-state index contributed by atoms with van der Waals surface area (Å²) in [7, 11) is 0. The largest absolute Gasteiger partial charge is 0.417 e. The van der Waals surface area contributed by atoms with Crippen LogP contribution in [-0.4, -0.2) is 58.4 Å². The number of nitrogens with zero attached hydrogens (tertiary/aromatic N) is 2. The molecule has 2 aromatic carbocycles. The number of hydrazone groups is 1. The minimum atomic E-state index is -4.64. The predicted octanol–water partition coefficient (Wildman–Crippen LogP) is 5.31. The maximum Gasteiger partial charge on any atom is 0.417 e. The molecule has 0 fully saturated rings. The molecule has 41 heavy (non-hydrogen) atoms. The molecule has 4 N–H and O–H groups in total. The van der Waals surface area contributed by atoms with Gasteiger partial charge >= 0.3 is 6.18 Å². The Morgan fingerprint density at radius 1 is 1.10 bits per heavy atom. The van der Waals surface area contributed by atoms with Crippen molar-refractivity contribution < 1.29 is 33.0 Å². The Hall–Kier alpha value is -3.29. The summed E-state index contributed by atoms with van der Waals surface area (Å²) in [6, 6.07) is 10.1. The van der Waals surface area contributed by atoms with Crippen LogP contribution in [0.15, 0.2) is 52.9 Å². The summed E-state index contributed by atoms with van der Waals surface area (Å²) >= 11 is 6.71. The van der Waals surface area contributed by atoms with E-state index in [1.807, 2.05) is 11.0 Å². The van der Waals surface area contributed by atoms with Crippen molar-refractivity contribution in [2.24, 2.45) is 5.10 Å². The Morgan fingerprint density at radius 3 is 2.41 bits per heavy atom. The van der Waals surface area contributed by atoms with Gasteiger partial charge < -0.3 is 15.5 Å². The highest BCUT2D eigenvalue weighted by Crippen LogP contribution is 2.35. The van der Waals surface area contributed by atoms with Gasteiger partial charge in [0.2, 0.25) is 0 Å². The number of anilines is 1. The molecule has 2 amide bonds. The molecule has 1 aromatic heterocycles. The average Bonchev–Trinajstić information content (AvgIpc) is 3.23. The Morgan fingerprint density at radius 2 is 1.78 bits per heavy atom. The standard InChI is InChI=1S/C28H30ClF3N4O4S/c1-16-15-41-25(27(40)35-33-11-19-7-8-23(29)22(10-19)28(30,31)32)24(16)34-26(39)21-6-4-5-20(9-21)14-36(12-17(2)37)13-18(3)38/h4-11,15,17-18,37-38H,12-14H2,1-3H3,(H,34,39)(H,35,40)/b33-11-. The van der Waals surface area contributed by atoms with Crippen LogP contribution in [-0.2, 0) is 12.7 Å². The van der Waals surface area contributed by atoms with Gasteiger partial charge in [0.05, 0.1) is 34.7 Å². The van der Waals surface area contributed by atoms with Crippen molar-refractivity contribution in [2.75, 3.05) is 18.4 Å². The monoisotopic (exact) mass is 610 g/mol. The molecule has 0 saturated carbocycles. The van der Waals surface area contributed by atoms with Crippen molar-refractivity contribution in [3.05, 3.63) is 85.6 Å². The highest BCUT2D eigenvalue weighted by Gasteiger charge is 2.33. The number of rotatable bonds is 11. The highest BCUT2D eigenvalue weighted by molar-refractivity contribution is 7.13. The van der Waals surface area contributed by atoms with Crippen LogP contribution in [0.2, 0.25) is 5.02 Å². The first-order valence-electron chi connectivity index (χ1n) is 12.5.